The van der Waals surface area contributed by atoms with Gasteiger partial charge in [0.05, 0.1) is 6.61 Å². The van der Waals surface area contributed by atoms with Crippen LogP contribution in [-0.4, -0.2) is 35.6 Å². The van der Waals surface area contributed by atoms with Crippen LogP contribution in [0.2, 0.25) is 0 Å². The number of carbonyl (C=O) groups is 2. The summed E-state index contributed by atoms with van der Waals surface area (Å²) < 4.78 is 0. The third kappa shape index (κ3) is 2.69. The molecular formula is C8H14N2O3. The van der Waals surface area contributed by atoms with Crippen LogP contribution in [-0.2, 0) is 9.59 Å². The van der Waals surface area contributed by atoms with E-state index in [-0.39, 0.29) is 24.5 Å². The monoisotopic (exact) mass is 186 g/mol. The van der Waals surface area contributed by atoms with Crippen molar-refractivity contribution in [2.45, 2.75) is 31.8 Å². The fraction of sp³-hybridized carbons (Fsp3) is 0.750. The number of hydrogen-bond donors (Lipinski definition) is 3. The van der Waals surface area contributed by atoms with Crippen molar-refractivity contribution in [1.29, 1.82) is 0 Å². The maximum Gasteiger partial charge on any atom is 0.242 e. The van der Waals surface area contributed by atoms with Gasteiger partial charge in [-0.15, -0.1) is 0 Å². The third-order valence-corrected chi connectivity index (χ3v) is 1.97. The van der Waals surface area contributed by atoms with Gasteiger partial charge in [0.1, 0.15) is 6.04 Å². The first kappa shape index (κ1) is 9.98. The van der Waals surface area contributed by atoms with Gasteiger partial charge in [-0.3, -0.25) is 9.59 Å². The lowest BCUT2D eigenvalue weighted by Gasteiger charge is -2.14. The number of nitrogens with one attached hydrogen (secondary N) is 2. The predicted octanol–water partition coefficient (Wildman–Crippen LogP) is -1.24. The van der Waals surface area contributed by atoms with Crippen molar-refractivity contribution >= 4 is 11.8 Å². The van der Waals surface area contributed by atoms with Crippen molar-refractivity contribution in [3.05, 3.63) is 0 Å². The van der Waals surface area contributed by atoms with Gasteiger partial charge in [-0.2, -0.15) is 0 Å². The van der Waals surface area contributed by atoms with E-state index < -0.39 is 6.04 Å². The van der Waals surface area contributed by atoms with Gasteiger partial charge in [0.25, 0.3) is 0 Å². The molecule has 1 heterocycles. The summed E-state index contributed by atoms with van der Waals surface area (Å²) in [6.45, 7) is 1.61. The van der Waals surface area contributed by atoms with Crippen LogP contribution in [0.1, 0.15) is 19.8 Å². The Morgan fingerprint density at radius 1 is 1.85 bits per heavy atom. The highest BCUT2D eigenvalue weighted by Gasteiger charge is 2.27. The molecule has 74 valence electrons. The van der Waals surface area contributed by atoms with E-state index in [0.29, 0.717) is 12.8 Å². The number of aliphatic hydroxyl groups is 1. The molecule has 0 spiro atoms. The normalized spacial score (nSPS) is 23.8. The summed E-state index contributed by atoms with van der Waals surface area (Å²) in [6, 6.07) is -0.675. The quantitative estimate of drug-likeness (QED) is 0.516. The minimum absolute atomic E-state index is 0.0863. The fourth-order valence-corrected chi connectivity index (χ4v) is 1.20. The van der Waals surface area contributed by atoms with E-state index in [9.17, 15) is 9.59 Å². The fourth-order valence-electron chi connectivity index (χ4n) is 1.20. The molecular weight excluding hydrogens is 172 g/mol. The SMILES string of the molecule is C[C@H](CO)NC(=O)[C@@H]1CCC(=O)N1. The zero-order chi connectivity index (χ0) is 9.84. The summed E-state index contributed by atoms with van der Waals surface area (Å²) in [5, 5.41) is 13.8. The predicted molar refractivity (Wildman–Crippen MR) is 45.9 cm³/mol. The van der Waals surface area contributed by atoms with Crippen molar-refractivity contribution in [2.24, 2.45) is 0 Å². The van der Waals surface area contributed by atoms with Crippen LogP contribution in [0, 0.1) is 0 Å². The van der Waals surface area contributed by atoms with Gasteiger partial charge >= 0.3 is 0 Å². The van der Waals surface area contributed by atoms with Gasteiger partial charge in [0.2, 0.25) is 11.8 Å². The molecule has 1 fully saturated rings. The lowest BCUT2D eigenvalue weighted by molar-refractivity contribution is -0.126. The van der Waals surface area contributed by atoms with Crippen LogP contribution in [0.5, 0.6) is 0 Å². The average Bonchev–Trinajstić information content (AvgIpc) is 2.51. The molecule has 0 aromatic heterocycles. The maximum atomic E-state index is 11.3. The molecule has 2 amide bonds. The summed E-state index contributed by atoms with van der Waals surface area (Å²) in [6.07, 6.45) is 0.953. The summed E-state index contributed by atoms with van der Waals surface area (Å²) in [5.74, 6) is -0.302. The van der Waals surface area contributed by atoms with Gasteiger partial charge in [-0.25, -0.2) is 0 Å². The van der Waals surface area contributed by atoms with Crippen LogP contribution < -0.4 is 10.6 Å². The molecule has 2 atom stereocenters. The molecule has 0 saturated carbocycles. The summed E-state index contributed by atoms with van der Waals surface area (Å²) in [4.78, 5) is 22.1. The Morgan fingerprint density at radius 2 is 2.54 bits per heavy atom. The molecule has 5 nitrogen and oxygen atoms in total. The lowest BCUT2D eigenvalue weighted by atomic mass is 10.2. The van der Waals surface area contributed by atoms with Gasteiger partial charge in [-0.05, 0) is 13.3 Å². The minimum atomic E-state index is -0.415. The van der Waals surface area contributed by atoms with Crippen LogP contribution in [0.15, 0.2) is 0 Å². The number of aliphatic hydroxyl groups excluding tert-OH is 1. The zero-order valence-electron chi connectivity index (χ0n) is 7.54. The standard InChI is InChI=1S/C8H14N2O3/c1-5(4-11)9-8(13)6-2-3-7(12)10-6/h5-6,11H,2-4H2,1H3,(H,9,13)(H,10,12)/t5-,6+/m1/s1. The molecule has 1 aliphatic rings. The van der Waals surface area contributed by atoms with E-state index in [1.807, 2.05) is 0 Å². The van der Waals surface area contributed by atoms with Gasteiger partial charge in [0, 0.05) is 12.5 Å². The molecule has 3 N–H and O–H groups in total. The molecule has 0 unspecified atom stereocenters. The Kier molecular flexibility index (Phi) is 3.25. The molecule has 0 radical (unpaired) electrons. The zero-order valence-corrected chi connectivity index (χ0v) is 7.54. The molecule has 0 aromatic rings. The number of amides is 2. The minimum Gasteiger partial charge on any atom is -0.394 e. The molecule has 1 rings (SSSR count). The second-order valence-electron chi connectivity index (χ2n) is 3.25. The van der Waals surface area contributed by atoms with E-state index in [2.05, 4.69) is 10.6 Å². The van der Waals surface area contributed by atoms with E-state index >= 15 is 0 Å². The third-order valence-electron chi connectivity index (χ3n) is 1.97. The number of carbonyl (C=O) groups excluding carboxylic acids is 2. The topological polar surface area (TPSA) is 78.4 Å². The van der Waals surface area contributed by atoms with E-state index in [0.717, 1.165) is 0 Å². The molecule has 1 saturated heterocycles. The number of hydrogen-bond acceptors (Lipinski definition) is 3. The van der Waals surface area contributed by atoms with Gasteiger partial charge in [-0.1, -0.05) is 0 Å². The highest BCUT2D eigenvalue weighted by molar-refractivity contribution is 5.90. The van der Waals surface area contributed by atoms with Crippen molar-refractivity contribution in [3.8, 4) is 0 Å². The van der Waals surface area contributed by atoms with E-state index in [1.165, 1.54) is 0 Å². The van der Waals surface area contributed by atoms with Crippen molar-refractivity contribution in [2.75, 3.05) is 6.61 Å². The molecule has 0 bridgehead atoms. The molecule has 1 aliphatic heterocycles. The smallest absolute Gasteiger partial charge is 0.242 e. The average molecular weight is 186 g/mol. The maximum absolute atomic E-state index is 11.3. The van der Waals surface area contributed by atoms with Gasteiger partial charge in [0.15, 0.2) is 0 Å². The summed E-state index contributed by atoms with van der Waals surface area (Å²) in [7, 11) is 0. The first-order chi connectivity index (χ1) is 6.13. The van der Waals surface area contributed by atoms with E-state index in [4.69, 9.17) is 5.11 Å². The Balaban J connectivity index is 2.35. The highest BCUT2D eigenvalue weighted by Crippen LogP contribution is 2.06. The molecule has 13 heavy (non-hydrogen) atoms. The van der Waals surface area contributed by atoms with Crippen molar-refractivity contribution in [3.63, 3.8) is 0 Å². The Hall–Kier alpha value is -1.10. The molecule has 0 aliphatic carbocycles. The van der Waals surface area contributed by atoms with Crippen LogP contribution in [0.25, 0.3) is 0 Å². The summed E-state index contributed by atoms with van der Waals surface area (Å²) >= 11 is 0. The first-order valence-electron chi connectivity index (χ1n) is 4.34. The van der Waals surface area contributed by atoms with Crippen molar-refractivity contribution in [1.82, 2.24) is 10.6 Å². The summed E-state index contributed by atoms with van der Waals surface area (Å²) in [5.41, 5.74) is 0. The Morgan fingerprint density at radius 3 is 3.00 bits per heavy atom. The van der Waals surface area contributed by atoms with Crippen LogP contribution >= 0.6 is 0 Å². The molecule has 0 aromatic carbocycles. The first-order valence-corrected chi connectivity index (χ1v) is 4.34. The molecule has 5 heteroatoms. The van der Waals surface area contributed by atoms with Crippen molar-refractivity contribution < 1.29 is 14.7 Å². The Bertz CT molecular complexity index is 217. The second kappa shape index (κ2) is 4.23. The number of rotatable bonds is 3. The van der Waals surface area contributed by atoms with Crippen LogP contribution in [0.4, 0.5) is 0 Å². The Labute approximate surface area is 76.5 Å². The largest absolute Gasteiger partial charge is 0.394 e. The highest BCUT2D eigenvalue weighted by atomic mass is 16.3. The lowest BCUT2D eigenvalue weighted by Crippen LogP contribution is -2.46. The van der Waals surface area contributed by atoms with Crippen LogP contribution in [0.3, 0.4) is 0 Å². The van der Waals surface area contributed by atoms with E-state index in [1.54, 1.807) is 6.92 Å². The second-order valence-corrected chi connectivity index (χ2v) is 3.25. The van der Waals surface area contributed by atoms with Gasteiger partial charge < -0.3 is 15.7 Å².